The Morgan fingerprint density at radius 1 is 0.826 bits per heavy atom. The molecule has 6 N–H and O–H groups in total. The summed E-state index contributed by atoms with van der Waals surface area (Å²) in [6.07, 6.45) is 7.98. The Morgan fingerprint density at radius 3 is 1.96 bits per heavy atom. The summed E-state index contributed by atoms with van der Waals surface area (Å²) in [4.78, 5) is 37.6. The van der Waals surface area contributed by atoms with Gasteiger partial charge in [-0.2, -0.15) is 4.72 Å². The van der Waals surface area contributed by atoms with Gasteiger partial charge in [-0.05, 0) is 106 Å². The molecule has 2 aromatic rings. The molecule has 2 aliphatic rings. The molecule has 0 radical (unpaired) electrons. The van der Waals surface area contributed by atoms with Crippen LogP contribution in [-0.2, 0) is 30.2 Å². The standard InChI is InChI=1S/C32H47N5O6S.2ClH/c38-30(21-36-31(39)27(9-5-23-11-15-33-16-12-23)10-6-24-13-17-34-18-14-24)35-20-29(32(40)41)37-44(42,43)22-25-7-8-26-3-1-2-4-28(26)19-25;;/h1-4,7-8,19,23-24,27,29,33-34,37H,5-6,9-18,20-22H2,(H,35,38)(H,36,39)(H,40,41);2*1H. The van der Waals surface area contributed by atoms with Gasteiger partial charge in [0.25, 0.3) is 0 Å². The average Bonchev–Trinajstić information content (AvgIpc) is 3.02. The maximum atomic E-state index is 13.2. The molecule has 0 bridgehead atoms. The second-order valence-corrected chi connectivity index (χ2v) is 14.0. The van der Waals surface area contributed by atoms with Crippen LogP contribution >= 0.6 is 24.8 Å². The molecule has 0 aliphatic carbocycles. The summed E-state index contributed by atoms with van der Waals surface area (Å²) in [6, 6.07) is 11.2. The van der Waals surface area contributed by atoms with Gasteiger partial charge in [-0.1, -0.05) is 42.5 Å². The maximum Gasteiger partial charge on any atom is 0.323 e. The van der Waals surface area contributed by atoms with E-state index in [2.05, 4.69) is 26.0 Å². The third kappa shape index (κ3) is 13.3. The lowest BCUT2D eigenvalue weighted by atomic mass is 9.84. The molecule has 2 fully saturated rings. The number of amides is 2. The van der Waals surface area contributed by atoms with Gasteiger partial charge in [0, 0.05) is 12.5 Å². The normalized spacial score (nSPS) is 16.6. The van der Waals surface area contributed by atoms with Crippen LogP contribution in [0, 0.1) is 17.8 Å². The Labute approximate surface area is 284 Å². The Kier molecular flexibility index (Phi) is 17.3. The van der Waals surface area contributed by atoms with Crippen molar-refractivity contribution in [1.82, 2.24) is 26.0 Å². The molecule has 2 heterocycles. The number of benzene rings is 2. The van der Waals surface area contributed by atoms with E-state index in [4.69, 9.17) is 0 Å². The lowest BCUT2D eigenvalue weighted by molar-refractivity contribution is -0.139. The molecule has 258 valence electrons. The van der Waals surface area contributed by atoms with E-state index in [0.717, 1.165) is 88.3 Å². The van der Waals surface area contributed by atoms with Gasteiger partial charge < -0.3 is 26.4 Å². The number of carbonyl (C=O) groups excluding carboxylic acids is 2. The summed E-state index contributed by atoms with van der Waals surface area (Å²) in [5.74, 6) is -1.52. The zero-order chi connectivity index (χ0) is 31.4. The molecule has 0 spiro atoms. The Morgan fingerprint density at radius 2 is 1.39 bits per heavy atom. The van der Waals surface area contributed by atoms with Crippen molar-refractivity contribution in [2.24, 2.45) is 17.8 Å². The minimum Gasteiger partial charge on any atom is -0.480 e. The molecule has 1 atom stereocenters. The number of hydrogen-bond donors (Lipinski definition) is 6. The highest BCUT2D eigenvalue weighted by molar-refractivity contribution is 7.88. The maximum absolute atomic E-state index is 13.2. The number of fused-ring (bicyclic) bond motifs is 1. The lowest BCUT2D eigenvalue weighted by Gasteiger charge is -2.27. The van der Waals surface area contributed by atoms with Crippen molar-refractivity contribution < 1.29 is 27.9 Å². The molecular weight excluding hydrogens is 653 g/mol. The predicted octanol–water partition coefficient (Wildman–Crippen LogP) is 2.96. The number of halogens is 2. The first-order chi connectivity index (χ1) is 21.2. The van der Waals surface area contributed by atoms with Crippen molar-refractivity contribution in [2.45, 2.75) is 63.2 Å². The number of carboxylic acids is 1. The second kappa shape index (κ2) is 20.0. The number of hydrogen-bond acceptors (Lipinski definition) is 7. The lowest BCUT2D eigenvalue weighted by Crippen LogP contribution is -2.50. The van der Waals surface area contributed by atoms with E-state index in [1.165, 1.54) is 0 Å². The molecule has 11 nitrogen and oxygen atoms in total. The largest absolute Gasteiger partial charge is 0.480 e. The number of carbonyl (C=O) groups is 3. The van der Waals surface area contributed by atoms with Gasteiger partial charge in [0.05, 0.1) is 12.3 Å². The summed E-state index contributed by atoms with van der Waals surface area (Å²) >= 11 is 0. The quantitative estimate of drug-likeness (QED) is 0.156. The predicted molar refractivity (Wildman–Crippen MR) is 185 cm³/mol. The summed E-state index contributed by atoms with van der Waals surface area (Å²) in [5, 5.41) is 23.4. The molecule has 2 aliphatic heterocycles. The smallest absolute Gasteiger partial charge is 0.323 e. The first kappa shape index (κ1) is 39.7. The van der Waals surface area contributed by atoms with E-state index in [9.17, 15) is 27.9 Å². The van der Waals surface area contributed by atoms with Crippen LogP contribution in [0.2, 0.25) is 0 Å². The van der Waals surface area contributed by atoms with Gasteiger partial charge in [-0.15, -0.1) is 24.8 Å². The van der Waals surface area contributed by atoms with E-state index in [0.29, 0.717) is 17.4 Å². The van der Waals surface area contributed by atoms with Gasteiger partial charge in [-0.3, -0.25) is 14.4 Å². The highest BCUT2D eigenvalue weighted by Crippen LogP contribution is 2.27. The first-order valence-electron chi connectivity index (χ1n) is 15.8. The van der Waals surface area contributed by atoms with Gasteiger partial charge in [-0.25, -0.2) is 8.42 Å². The fourth-order valence-corrected chi connectivity index (χ4v) is 7.52. The second-order valence-electron chi connectivity index (χ2n) is 12.2. The van der Waals surface area contributed by atoms with Crippen LogP contribution in [0.5, 0.6) is 0 Å². The third-order valence-electron chi connectivity index (χ3n) is 8.85. The number of sulfonamides is 1. The number of nitrogens with one attached hydrogen (secondary N) is 5. The number of rotatable bonds is 16. The number of carboxylic acid groups (broad SMARTS) is 1. The van der Waals surface area contributed by atoms with Crippen molar-refractivity contribution in [1.29, 1.82) is 0 Å². The molecule has 2 aromatic carbocycles. The monoisotopic (exact) mass is 701 g/mol. The van der Waals surface area contributed by atoms with Crippen LogP contribution in [0.4, 0.5) is 0 Å². The first-order valence-corrected chi connectivity index (χ1v) is 17.5. The number of aliphatic carboxylic acids is 1. The average molecular weight is 703 g/mol. The van der Waals surface area contributed by atoms with Crippen molar-refractivity contribution in [3.8, 4) is 0 Å². The van der Waals surface area contributed by atoms with Gasteiger partial charge in [0.2, 0.25) is 21.8 Å². The minimum atomic E-state index is -4.02. The van der Waals surface area contributed by atoms with Crippen LogP contribution in [0.25, 0.3) is 10.8 Å². The van der Waals surface area contributed by atoms with Crippen molar-refractivity contribution >= 4 is 63.4 Å². The van der Waals surface area contributed by atoms with Crippen LogP contribution in [-0.4, -0.2) is 76.6 Å². The van der Waals surface area contributed by atoms with Crippen molar-refractivity contribution in [2.75, 3.05) is 39.3 Å². The van der Waals surface area contributed by atoms with Crippen molar-refractivity contribution in [3.63, 3.8) is 0 Å². The highest BCUT2D eigenvalue weighted by atomic mass is 35.5. The Hall–Kier alpha value is -2.48. The fourth-order valence-electron chi connectivity index (χ4n) is 6.20. The third-order valence-corrected chi connectivity index (χ3v) is 10.2. The molecule has 1 unspecified atom stereocenters. The summed E-state index contributed by atoms with van der Waals surface area (Å²) in [5.41, 5.74) is 0.516. The summed E-state index contributed by atoms with van der Waals surface area (Å²) < 4.78 is 27.8. The SMILES string of the molecule is Cl.Cl.O=C(CNC(=O)C(CCC1CCNCC1)CCC1CCNCC1)NCC(NS(=O)(=O)Cc1ccc2ccccc2c1)C(=O)O. The molecule has 4 rings (SSSR count). The van der Waals surface area contributed by atoms with E-state index in [1.807, 2.05) is 30.3 Å². The molecular formula is C32H49Cl2N5O6S. The molecule has 0 saturated carbocycles. The topological polar surface area (TPSA) is 166 Å². The fraction of sp³-hybridized carbons (Fsp3) is 0.594. The highest BCUT2D eigenvalue weighted by Gasteiger charge is 2.26. The zero-order valence-corrected chi connectivity index (χ0v) is 28.6. The Bertz CT molecular complexity index is 1350. The van der Waals surface area contributed by atoms with E-state index >= 15 is 0 Å². The molecule has 14 heteroatoms. The van der Waals surface area contributed by atoms with Crippen LogP contribution in [0.15, 0.2) is 42.5 Å². The van der Waals surface area contributed by atoms with Crippen molar-refractivity contribution in [3.05, 3.63) is 48.0 Å². The van der Waals surface area contributed by atoms with Gasteiger partial charge in [0.15, 0.2) is 0 Å². The van der Waals surface area contributed by atoms with Crippen LogP contribution in [0.3, 0.4) is 0 Å². The zero-order valence-electron chi connectivity index (χ0n) is 26.2. The van der Waals surface area contributed by atoms with Gasteiger partial charge >= 0.3 is 5.97 Å². The molecule has 2 amide bonds. The molecule has 2 saturated heterocycles. The molecule has 46 heavy (non-hydrogen) atoms. The summed E-state index contributed by atoms with van der Waals surface area (Å²) in [6.45, 7) is 3.28. The number of piperidine rings is 2. The van der Waals surface area contributed by atoms with E-state index < -0.39 is 40.2 Å². The molecule has 0 aromatic heterocycles. The Balaban J connectivity index is 0.00000368. The van der Waals surface area contributed by atoms with Crippen LogP contribution in [0.1, 0.15) is 56.9 Å². The van der Waals surface area contributed by atoms with Gasteiger partial charge in [0.1, 0.15) is 6.04 Å². The van der Waals surface area contributed by atoms with Crippen LogP contribution < -0.4 is 26.0 Å². The van der Waals surface area contributed by atoms with E-state index in [1.54, 1.807) is 12.1 Å². The van der Waals surface area contributed by atoms with E-state index in [-0.39, 0.29) is 43.2 Å². The minimum absolute atomic E-state index is 0. The summed E-state index contributed by atoms with van der Waals surface area (Å²) in [7, 11) is -4.02.